The molecule has 0 saturated heterocycles. The van der Waals surface area contributed by atoms with Crippen molar-refractivity contribution in [3.63, 3.8) is 0 Å². The number of ether oxygens (including phenoxy) is 1. The quantitative estimate of drug-likeness (QED) is 0.834. The molecule has 0 amide bonds. The highest BCUT2D eigenvalue weighted by molar-refractivity contribution is 5.88. The SMILES string of the molecule is Cc1cc(C(=O)O)cc(C)c1OC1CCCCCC1. The van der Waals surface area contributed by atoms with Crippen molar-refractivity contribution < 1.29 is 14.6 Å². The van der Waals surface area contributed by atoms with Crippen molar-refractivity contribution in [1.82, 2.24) is 0 Å². The lowest BCUT2D eigenvalue weighted by Gasteiger charge is -2.20. The summed E-state index contributed by atoms with van der Waals surface area (Å²) in [5.41, 5.74) is 2.17. The van der Waals surface area contributed by atoms with Gasteiger partial charge in [-0.25, -0.2) is 4.79 Å². The summed E-state index contributed by atoms with van der Waals surface area (Å²) >= 11 is 0. The van der Waals surface area contributed by atoms with E-state index in [2.05, 4.69) is 0 Å². The second-order valence-electron chi connectivity index (χ2n) is 5.48. The first-order valence-corrected chi connectivity index (χ1v) is 7.09. The third kappa shape index (κ3) is 3.49. The Morgan fingerprint density at radius 3 is 2.11 bits per heavy atom. The number of hydrogen-bond acceptors (Lipinski definition) is 2. The van der Waals surface area contributed by atoms with E-state index in [1.54, 1.807) is 12.1 Å². The van der Waals surface area contributed by atoms with E-state index in [0.29, 0.717) is 5.56 Å². The van der Waals surface area contributed by atoms with Gasteiger partial charge in [0.1, 0.15) is 5.75 Å². The fraction of sp³-hybridized carbons (Fsp3) is 0.562. The standard InChI is InChI=1S/C16H22O3/c1-11-9-13(16(17)18)10-12(2)15(11)19-14-7-5-3-4-6-8-14/h9-10,14H,3-8H2,1-2H3,(H,17,18). The zero-order valence-corrected chi connectivity index (χ0v) is 11.7. The topological polar surface area (TPSA) is 46.5 Å². The molecule has 1 N–H and O–H groups in total. The highest BCUT2D eigenvalue weighted by Gasteiger charge is 2.17. The molecule has 0 unspecified atom stereocenters. The van der Waals surface area contributed by atoms with Gasteiger partial charge >= 0.3 is 5.97 Å². The summed E-state index contributed by atoms with van der Waals surface area (Å²) in [7, 11) is 0. The van der Waals surface area contributed by atoms with Crippen LogP contribution in [-0.4, -0.2) is 17.2 Å². The van der Waals surface area contributed by atoms with Crippen LogP contribution in [0.4, 0.5) is 0 Å². The molecule has 1 aromatic carbocycles. The van der Waals surface area contributed by atoms with E-state index in [-0.39, 0.29) is 6.10 Å². The predicted octanol–water partition coefficient (Wildman–Crippen LogP) is 4.10. The molecule has 0 radical (unpaired) electrons. The number of aryl methyl sites for hydroxylation is 2. The molecule has 19 heavy (non-hydrogen) atoms. The van der Waals surface area contributed by atoms with Gasteiger partial charge in [-0.05, 0) is 62.8 Å². The van der Waals surface area contributed by atoms with Gasteiger partial charge in [0.25, 0.3) is 0 Å². The number of benzene rings is 1. The van der Waals surface area contributed by atoms with Gasteiger partial charge in [-0.3, -0.25) is 0 Å². The molecule has 2 rings (SSSR count). The Balaban J connectivity index is 2.17. The molecule has 1 saturated carbocycles. The molecule has 0 heterocycles. The highest BCUT2D eigenvalue weighted by atomic mass is 16.5. The van der Waals surface area contributed by atoms with Crippen molar-refractivity contribution in [2.75, 3.05) is 0 Å². The summed E-state index contributed by atoms with van der Waals surface area (Å²) in [6.45, 7) is 3.84. The van der Waals surface area contributed by atoms with Crippen molar-refractivity contribution in [3.8, 4) is 5.75 Å². The van der Waals surface area contributed by atoms with Crippen molar-refractivity contribution in [3.05, 3.63) is 28.8 Å². The molecule has 104 valence electrons. The van der Waals surface area contributed by atoms with Crippen LogP contribution in [0.5, 0.6) is 5.75 Å². The monoisotopic (exact) mass is 262 g/mol. The summed E-state index contributed by atoms with van der Waals surface area (Å²) in [6, 6.07) is 3.39. The molecular weight excluding hydrogens is 240 g/mol. The molecule has 0 atom stereocenters. The van der Waals surface area contributed by atoms with E-state index in [0.717, 1.165) is 29.7 Å². The van der Waals surface area contributed by atoms with Crippen LogP contribution in [0.2, 0.25) is 0 Å². The third-order valence-electron chi connectivity index (χ3n) is 3.79. The van der Waals surface area contributed by atoms with Crippen molar-refractivity contribution in [1.29, 1.82) is 0 Å². The third-order valence-corrected chi connectivity index (χ3v) is 3.79. The zero-order chi connectivity index (χ0) is 13.8. The fourth-order valence-electron chi connectivity index (χ4n) is 2.79. The maximum atomic E-state index is 11.0. The van der Waals surface area contributed by atoms with E-state index >= 15 is 0 Å². The van der Waals surface area contributed by atoms with Crippen LogP contribution in [0.1, 0.15) is 60.0 Å². The van der Waals surface area contributed by atoms with Gasteiger partial charge in [-0.2, -0.15) is 0 Å². The molecular formula is C16H22O3. The maximum Gasteiger partial charge on any atom is 0.335 e. The number of aromatic carboxylic acids is 1. The van der Waals surface area contributed by atoms with Gasteiger partial charge in [-0.15, -0.1) is 0 Å². The van der Waals surface area contributed by atoms with Gasteiger partial charge in [-0.1, -0.05) is 12.8 Å². The molecule has 0 aliphatic heterocycles. The summed E-state index contributed by atoms with van der Waals surface area (Å²) in [5, 5.41) is 9.04. The van der Waals surface area contributed by atoms with Gasteiger partial charge in [0.15, 0.2) is 0 Å². The summed E-state index contributed by atoms with van der Waals surface area (Å²) < 4.78 is 6.14. The first-order chi connectivity index (χ1) is 9.08. The van der Waals surface area contributed by atoms with Crippen LogP contribution >= 0.6 is 0 Å². The Labute approximate surface area is 114 Å². The molecule has 3 heteroatoms. The van der Waals surface area contributed by atoms with Gasteiger partial charge in [0, 0.05) is 0 Å². The average molecular weight is 262 g/mol. The molecule has 0 aromatic heterocycles. The molecule has 1 aromatic rings. The van der Waals surface area contributed by atoms with E-state index in [9.17, 15) is 4.79 Å². The average Bonchev–Trinajstić information content (AvgIpc) is 2.61. The second-order valence-corrected chi connectivity index (χ2v) is 5.48. The Morgan fingerprint density at radius 1 is 1.11 bits per heavy atom. The summed E-state index contributed by atoms with van der Waals surface area (Å²) in [6.07, 6.45) is 7.58. The minimum atomic E-state index is -0.882. The number of carboxylic acid groups (broad SMARTS) is 1. The van der Waals surface area contributed by atoms with Crippen LogP contribution in [0.3, 0.4) is 0 Å². The van der Waals surface area contributed by atoms with Gasteiger partial charge < -0.3 is 9.84 Å². The number of carbonyl (C=O) groups is 1. The Bertz CT molecular complexity index is 434. The van der Waals surface area contributed by atoms with Crippen LogP contribution in [0, 0.1) is 13.8 Å². The first kappa shape index (κ1) is 13.9. The number of carboxylic acids is 1. The Kier molecular flexibility index (Phi) is 4.46. The smallest absolute Gasteiger partial charge is 0.335 e. The van der Waals surface area contributed by atoms with Crippen LogP contribution in [0.15, 0.2) is 12.1 Å². The van der Waals surface area contributed by atoms with E-state index in [1.807, 2.05) is 13.8 Å². The molecule has 0 spiro atoms. The highest BCUT2D eigenvalue weighted by Crippen LogP contribution is 2.29. The lowest BCUT2D eigenvalue weighted by atomic mass is 10.0. The number of rotatable bonds is 3. The molecule has 1 aliphatic rings. The minimum Gasteiger partial charge on any atom is -0.490 e. The number of hydrogen-bond donors (Lipinski definition) is 1. The zero-order valence-electron chi connectivity index (χ0n) is 11.7. The predicted molar refractivity (Wildman–Crippen MR) is 75.0 cm³/mol. The molecule has 0 bridgehead atoms. The normalized spacial score (nSPS) is 16.9. The molecule has 3 nitrogen and oxygen atoms in total. The largest absolute Gasteiger partial charge is 0.490 e. The van der Waals surface area contributed by atoms with Crippen LogP contribution in [0.25, 0.3) is 0 Å². The Morgan fingerprint density at radius 2 is 1.63 bits per heavy atom. The van der Waals surface area contributed by atoms with Gasteiger partial charge in [0.05, 0.1) is 11.7 Å². The van der Waals surface area contributed by atoms with E-state index in [4.69, 9.17) is 9.84 Å². The maximum absolute atomic E-state index is 11.0. The first-order valence-electron chi connectivity index (χ1n) is 7.09. The van der Waals surface area contributed by atoms with E-state index in [1.165, 1.54) is 25.7 Å². The Hall–Kier alpha value is -1.51. The summed E-state index contributed by atoms with van der Waals surface area (Å²) in [5.74, 6) is -0.0101. The van der Waals surface area contributed by atoms with Crippen LogP contribution < -0.4 is 4.74 Å². The lowest BCUT2D eigenvalue weighted by Crippen LogP contribution is -2.16. The van der Waals surface area contributed by atoms with Crippen molar-refractivity contribution in [2.24, 2.45) is 0 Å². The molecule has 1 aliphatic carbocycles. The fourth-order valence-corrected chi connectivity index (χ4v) is 2.79. The van der Waals surface area contributed by atoms with E-state index < -0.39 is 5.97 Å². The van der Waals surface area contributed by atoms with Crippen molar-refractivity contribution in [2.45, 2.75) is 58.5 Å². The molecule has 1 fully saturated rings. The van der Waals surface area contributed by atoms with Gasteiger partial charge in [0.2, 0.25) is 0 Å². The lowest BCUT2D eigenvalue weighted by molar-refractivity contribution is 0.0696. The minimum absolute atomic E-state index is 0.288. The second kappa shape index (κ2) is 6.09. The van der Waals surface area contributed by atoms with Crippen LogP contribution in [-0.2, 0) is 0 Å². The summed E-state index contributed by atoms with van der Waals surface area (Å²) in [4.78, 5) is 11.0. The van der Waals surface area contributed by atoms with Crippen molar-refractivity contribution >= 4 is 5.97 Å².